The lowest BCUT2D eigenvalue weighted by atomic mass is 10.0. The van der Waals surface area contributed by atoms with Crippen LogP contribution >= 0.6 is 0 Å². The van der Waals surface area contributed by atoms with E-state index in [9.17, 15) is 0 Å². The lowest BCUT2D eigenvalue weighted by molar-refractivity contribution is 0.412. The molecule has 0 bridgehead atoms. The lowest BCUT2D eigenvalue weighted by Crippen LogP contribution is -2.23. The number of aromatic nitrogens is 2. The topological polar surface area (TPSA) is 64.9 Å². The summed E-state index contributed by atoms with van der Waals surface area (Å²) in [5, 5.41) is 4.06. The largest absolute Gasteiger partial charge is 0.334 e. The highest BCUT2D eigenvalue weighted by molar-refractivity contribution is 5.52. The first-order valence-electron chi connectivity index (χ1n) is 5.99. The molecule has 2 aromatic rings. The van der Waals surface area contributed by atoms with Crippen LogP contribution in [0.15, 0.2) is 34.9 Å². The van der Waals surface area contributed by atoms with E-state index in [0.29, 0.717) is 5.89 Å². The Balaban J connectivity index is 1.88. The van der Waals surface area contributed by atoms with Gasteiger partial charge in [0.05, 0.1) is 0 Å². The van der Waals surface area contributed by atoms with Crippen LogP contribution in [0.4, 0.5) is 0 Å². The molecule has 4 nitrogen and oxygen atoms in total. The zero-order valence-corrected chi connectivity index (χ0v) is 9.54. The van der Waals surface area contributed by atoms with Crippen LogP contribution in [0.3, 0.4) is 0 Å². The number of nitrogens with zero attached hydrogens (tertiary/aromatic N) is 2. The van der Waals surface area contributed by atoms with Crippen molar-refractivity contribution in [2.45, 2.75) is 31.2 Å². The third-order valence-corrected chi connectivity index (χ3v) is 3.36. The summed E-state index contributed by atoms with van der Waals surface area (Å²) in [6, 6.07) is 9.99. The number of nitrogens with two attached hydrogens (primary N) is 1. The van der Waals surface area contributed by atoms with E-state index in [1.807, 2.05) is 30.3 Å². The highest BCUT2D eigenvalue weighted by Crippen LogP contribution is 2.32. The summed E-state index contributed by atoms with van der Waals surface area (Å²) >= 11 is 0. The van der Waals surface area contributed by atoms with Gasteiger partial charge in [-0.1, -0.05) is 29.8 Å². The summed E-state index contributed by atoms with van der Waals surface area (Å²) in [6.45, 7) is 0. The van der Waals surface area contributed by atoms with Crippen LogP contribution < -0.4 is 5.73 Å². The van der Waals surface area contributed by atoms with Gasteiger partial charge in [0.25, 0.3) is 5.89 Å². The molecule has 1 aliphatic rings. The molecule has 0 amide bonds. The van der Waals surface area contributed by atoms with Crippen LogP contribution in [-0.2, 0) is 0 Å². The summed E-state index contributed by atoms with van der Waals surface area (Å²) in [5.41, 5.74) is 6.99. The van der Waals surface area contributed by atoms with Crippen molar-refractivity contribution < 1.29 is 4.52 Å². The predicted octanol–water partition coefficient (Wildman–Crippen LogP) is 2.33. The smallest absolute Gasteiger partial charge is 0.257 e. The normalized spacial score (nSPS) is 24.1. The number of hydrogen-bond acceptors (Lipinski definition) is 4. The standard InChI is InChI=1S/C13H15N3O/c14-11-8-4-7-10(11)12-15-13(17-16-12)9-5-2-1-3-6-9/h1-3,5-6,10-11H,4,7-8,14H2. The molecule has 3 rings (SSSR count). The third-order valence-electron chi connectivity index (χ3n) is 3.36. The van der Waals surface area contributed by atoms with Gasteiger partial charge in [-0.15, -0.1) is 0 Å². The van der Waals surface area contributed by atoms with Gasteiger partial charge >= 0.3 is 0 Å². The predicted molar refractivity (Wildman–Crippen MR) is 64.3 cm³/mol. The molecule has 88 valence electrons. The van der Waals surface area contributed by atoms with Crippen molar-refractivity contribution in [3.8, 4) is 11.5 Å². The maximum absolute atomic E-state index is 6.04. The number of hydrogen-bond donors (Lipinski definition) is 1. The lowest BCUT2D eigenvalue weighted by Gasteiger charge is -2.09. The summed E-state index contributed by atoms with van der Waals surface area (Å²) < 4.78 is 5.29. The maximum atomic E-state index is 6.04. The Hall–Kier alpha value is -1.68. The summed E-state index contributed by atoms with van der Waals surface area (Å²) in [4.78, 5) is 4.46. The fraction of sp³-hybridized carbons (Fsp3) is 0.385. The van der Waals surface area contributed by atoms with E-state index in [2.05, 4.69) is 10.1 Å². The van der Waals surface area contributed by atoms with Gasteiger partial charge in [-0.05, 0) is 25.0 Å². The van der Waals surface area contributed by atoms with Crippen molar-refractivity contribution >= 4 is 0 Å². The second-order valence-electron chi connectivity index (χ2n) is 4.53. The molecule has 1 aromatic carbocycles. The van der Waals surface area contributed by atoms with Crippen LogP contribution in [-0.4, -0.2) is 16.2 Å². The highest BCUT2D eigenvalue weighted by atomic mass is 16.5. The Bertz CT molecular complexity index is 494. The van der Waals surface area contributed by atoms with Crippen LogP contribution in [0.1, 0.15) is 31.0 Å². The van der Waals surface area contributed by atoms with Gasteiger partial charge in [0.15, 0.2) is 5.82 Å². The Morgan fingerprint density at radius 3 is 2.71 bits per heavy atom. The van der Waals surface area contributed by atoms with E-state index in [4.69, 9.17) is 10.3 Å². The van der Waals surface area contributed by atoms with E-state index in [0.717, 1.165) is 30.7 Å². The molecular weight excluding hydrogens is 214 g/mol. The average molecular weight is 229 g/mol. The van der Waals surface area contributed by atoms with Crippen molar-refractivity contribution in [2.75, 3.05) is 0 Å². The first-order valence-corrected chi connectivity index (χ1v) is 5.99. The average Bonchev–Trinajstić information content (AvgIpc) is 2.98. The van der Waals surface area contributed by atoms with Gasteiger partial charge in [-0.2, -0.15) is 4.98 Å². The molecule has 1 fully saturated rings. The molecular formula is C13H15N3O. The minimum atomic E-state index is 0.177. The number of rotatable bonds is 2. The van der Waals surface area contributed by atoms with Crippen molar-refractivity contribution in [1.82, 2.24) is 10.1 Å². The van der Waals surface area contributed by atoms with Gasteiger partial charge in [-0.25, -0.2) is 0 Å². The molecule has 1 aliphatic carbocycles. The minimum absolute atomic E-state index is 0.177. The summed E-state index contributed by atoms with van der Waals surface area (Å²) in [7, 11) is 0. The maximum Gasteiger partial charge on any atom is 0.257 e. The second-order valence-corrected chi connectivity index (χ2v) is 4.53. The quantitative estimate of drug-likeness (QED) is 0.858. The molecule has 0 spiro atoms. The summed E-state index contributed by atoms with van der Waals surface area (Å²) in [6.07, 6.45) is 3.27. The van der Waals surface area contributed by atoms with E-state index < -0.39 is 0 Å². The molecule has 4 heteroatoms. The van der Waals surface area contributed by atoms with Gasteiger partial charge in [0.2, 0.25) is 0 Å². The van der Waals surface area contributed by atoms with Crippen molar-refractivity contribution in [3.63, 3.8) is 0 Å². The van der Waals surface area contributed by atoms with E-state index in [1.165, 1.54) is 0 Å². The fourth-order valence-electron chi connectivity index (χ4n) is 2.39. The minimum Gasteiger partial charge on any atom is -0.334 e. The van der Waals surface area contributed by atoms with Crippen LogP contribution in [0.25, 0.3) is 11.5 Å². The number of benzene rings is 1. The van der Waals surface area contributed by atoms with Gasteiger partial charge in [-0.3, -0.25) is 0 Å². The van der Waals surface area contributed by atoms with Crippen molar-refractivity contribution in [1.29, 1.82) is 0 Å². The first kappa shape index (κ1) is 10.5. The third kappa shape index (κ3) is 1.96. The van der Waals surface area contributed by atoms with Gasteiger partial charge < -0.3 is 10.3 Å². The van der Waals surface area contributed by atoms with Crippen LogP contribution in [0, 0.1) is 0 Å². The van der Waals surface area contributed by atoms with Crippen molar-refractivity contribution in [3.05, 3.63) is 36.2 Å². The fourth-order valence-corrected chi connectivity index (χ4v) is 2.39. The van der Waals surface area contributed by atoms with Crippen molar-refractivity contribution in [2.24, 2.45) is 5.73 Å². The van der Waals surface area contributed by atoms with Gasteiger partial charge in [0.1, 0.15) is 0 Å². The van der Waals surface area contributed by atoms with Crippen LogP contribution in [0.2, 0.25) is 0 Å². The second kappa shape index (κ2) is 4.30. The molecule has 1 heterocycles. The van der Waals surface area contributed by atoms with Gasteiger partial charge in [0, 0.05) is 17.5 Å². The Morgan fingerprint density at radius 1 is 1.18 bits per heavy atom. The molecule has 1 aromatic heterocycles. The monoisotopic (exact) mass is 229 g/mol. The Kier molecular flexibility index (Phi) is 2.65. The first-order chi connectivity index (χ1) is 8.34. The molecule has 2 unspecified atom stereocenters. The molecule has 0 saturated heterocycles. The SMILES string of the molecule is NC1CCCC1c1noc(-c2ccccc2)n1. The van der Waals surface area contributed by atoms with E-state index in [1.54, 1.807) is 0 Å². The Labute approximate surface area is 99.8 Å². The summed E-state index contributed by atoms with van der Waals surface area (Å²) in [5.74, 6) is 1.60. The highest BCUT2D eigenvalue weighted by Gasteiger charge is 2.29. The van der Waals surface area contributed by atoms with Crippen LogP contribution in [0.5, 0.6) is 0 Å². The Morgan fingerprint density at radius 2 is 2.00 bits per heavy atom. The molecule has 17 heavy (non-hydrogen) atoms. The molecule has 0 radical (unpaired) electrons. The van der Waals surface area contributed by atoms with E-state index >= 15 is 0 Å². The molecule has 2 atom stereocenters. The zero-order chi connectivity index (χ0) is 11.7. The molecule has 1 saturated carbocycles. The zero-order valence-electron chi connectivity index (χ0n) is 9.54. The van der Waals surface area contributed by atoms with E-state index in [-0.39, 0.29) is 12.0 Å². The molecule has 2 N–H and O–H groups in total. The molecule has 0 aliphatic heterocycles.